The molecule has 5 rings (SSSR count). The van der Waals surface area contributed by atoms with Gasteiger partial charge in [-0.15, -0.1) is 0 Å². The molecule has 5 heteroatoms. The lowest BCUT2D eigenvalue weighted by Crippen LogP contribution is -2.41. The Bertz CT molecular complexity index is 1470. The molecule has 0 saturated heterocycles. The van der Waals surface area contributed by atoms with Crippen LogP contribution in [0.1, 0.15) is 32.6 Å². The molecular weight excluding hydrogens is 450 g/mol. The summed E-state index contributed by atoms with van der Waals surface area (Å²) in [5, 5.41) is 0. The molecule has 0 bridgehead atoms. The number of fused-ring (bicyclic) bond motifs is 1. The molecule has 2 amide bonds. The van der Waals surface area contributed by atoms with Crippen molar-refractivity contribution in [2.75, 3.05) is 12.0 Å². The van der Waals surface area contributed by atoms with Crippen LogP contribution in [0.5, 0.6) is 11.5 Å². The highest BCUT2D eigenvalue weighted by atomic mass is 16.5. The Morgan fingerprint density at radius 3 is 2.25 bits per heavy atom. The van der Waals surface area contributed by atoms with Crippen LogP contribution in [0.2, 0.25) is 0 Å². The predicted octanol–water partition coefficient (Wildman–Crippen LogP) is 6.31. The van der Waals surface area contributed by atoms with E-state index in [0.29, 0.717) is 40.5 Å². The average Bonchev–Trinajstić information content (AvgIpc) is 2.91. The number of aryl methyl sites for hydroxylation is 1. The quantitative estimate of drug-likeness (QED) is 0.242. The van der Waals surface area contributed by atoms with Crippen LogP contribution in [0.3, 0.4) is 0 Å². The Kier molecular flexibility index (Phi) is 6.37. The number of benzene rings is 4. The number of amides is 2. The van der Waals surface area contributed by atoms with E-state index in [-0.39, 0.29) is 11.8 Å². The maximum absolute atomic E-state index is 13.7. The maximum Gasteiger partial charge on any atom is 0.265 e. The number of methoxy groups -OCH3 is 1. The second kappa shape index (κ2) is 9.92. The first-order chi connectivity index (χ1) is 17.5. The standard InChI is InChI=1S/C31H25NO4/c1-21-9-8-12-24(17-21)32-30(33)26-14-7-6-13-25(26)27(31(32)34)18-23-15-16-28(35-2)29(19-23)36-20-22-10-4-3-5-11-22/h3-19H,20H2,1-2H3. The fraction of sp³-hybridized carbons (Fsp3) is 0.0968. The van der Waals surface area contributed by atoms with E-state index in [2.05, 4.69) is 0 Å². The van der Waals surface area contributed by atoms with Crippen LogP contribution in [-0.4, -0.2) is 18.9 Å². The van der Waals surface area contributed by atoms with E-state index in [1.165, 1.54) is 4.90 Å². The number of hydrogen-bond donors (Lipinski definition) is 0. The van der Waals surface area contributed by atoms with Gasteiger partial charge in [-0.3, -0.25) is 9.59 Å². The van der Waals surface area contributed by atoms with Gasteiger partial charge in [-0.2, -0.15) is 0 Å². The topological polar surface area (TPSA) is 55.8 Å². The first-order valence-electron chi connectivity index (χ1n) is 11.7. The predicted molar refractivity (Wildman–Crippen MR) is 141 cm³/mol. The van der Waals surface area contributed by atoms with Gasteiger partial charge >= 0.3 is 0 Å². The Hall–Kier alpha value is -4.64. The average molecular weight is 476 g/mol. The van der Waals surface area contributed by atoms with E-state index in [1.54, 1.807) is 31.4 Å². The Balaban J connectivity index is 1.56. The normalized spacial score (nSPS) is 14.1. The lowest BCUT2D eigenvalue weighted by atomic mass is 9.91. The zero-order chi connectivity index (χ0) is 25.1. The van der Waals surface area contributed by atoms with E-state index in [0.717, 1.165) is 16.7 Å². The van der Waals surface area contributed by atoms with E-state index >= 15 is 0 Å². The molecule has 0 spiro atoms. The number of nitrogens with zero attached hydrogens (tertiary/aromatic N) is 1. The van der Waals surface area contributed by atoms with Gasteiger partial charge < -0.3 is 9.47 Å². The van der Waals surface area contributed by atoms with Gasteiger partial charge in [0.05, 0.1) is 12.8 Å². The lowest BCUT2D eigenvalue weighted by molar-refractivity contribution is -0.112. The zero-order valence-electron chi connectivity index (χ0n) is 20.1. The summed E-state index contributed by atoms with van der Waals surface area (Å²) in [7, 11) is 1.59. The van der Waals surface area contributed by atoms with Crippen LogP contribution < -0.4 is 14.4 Å². The second-order valence-electron chi connectivity index (χ2n) is 8.57. The second-order valence-corrected chi connectivity index (χ2v) is 8.57. The van der Waals surface area contributed by atoms with Crippen LogP contribution in [-0.2, 0) is 11.4 Å². The molecule has 0 radical (unpaired) electrons. The van der Waals surface area contributed by atoms with E-state index in [1.807, 2.05) is 85.8 Å². The molecule has 0 aliphatic carbocycles. The van der Waals surface area contributed by atoms with E-state index in [9.17, 15) is 9.59 Å². The summed E-state index contributed by atoms with van der Waals surface area (Å²) >= 11 is 0. The largest absolute Gasteiger partial charge is 0.493 e. The van der Waals surface area contributed by atoms with Gasteiger partial charge in [0, 0.05) is 11.1 Å². The molecule has 178 valence electrons. The summed E-state index contributed by atoms with van der Waals surface area (Å²) in [5.41, 5.74) is 4.84. The molecule has 0 atom stereocenters. The Morgan fingerprint density at radius 1 is 0.750 bits per heavy atom. The summed E-state index contributed by atoms with van der Waals surface area (Å²) < 4.78 is 11.5. The van der Waals surface area contributed by atoms with Crippen LogP contribution in [0.15, 0.2) is 97.1 Å². The molecule has 1 heterocycles. The number of anilines is 1. The first kappa shape index (κ1) is 23.1. The number of carbonyl (C=O) groups is 2. The van der Waals surface area contributed by atoms with Crippen molar-refractivity contribution in [2.24, 2.45) is 0 Å². The Labute approximate surface area is 210 Å². The molecule has 5 nitrogen and oxygen atoms in total. The van der Waals surface area contributed by atoms with Crippen molar-refractivity contribution in [2.45, 2.75) is 13.5 Å². The third-order valence-electron chi connectivity index (χ3n) is 6.08. The smallest absolute Gasteiger partial charge is 0.265 e. The molecule has 1 aliphatic rings. The van der Waals surface area contributed by atoms with Crippen LogP contribution in [0, 0.1) is 6.92 Å². The van der Waals surface area contributed by atoms with Crippen LogP contribution in [0.25, 0.3) is 11.6 Å². The lowest BCUT2D eigenvalue weighted by Gasteiger charge is -2.29. The van der Waals surface area contributed by atoms with Crippen molar-refractivity contribution in [1.82, 2.24) is 0 Å². The van der Waals surface area contributed by atoms with Gasteiger partial charge in [-0.05, 0) is 65.6 Å². The number of hydrogen-bond acceptors (Lipinski definition) is 4. The van der Waals surface area contributed by atoms with Gasteiger partial charge in [0.2, 0.25) is 0 Å². The summed E-state index contributed by atoms with van der Waals surface area (Å²) in [5.74, 6) is 0.464. The van der Waals surface area contributed by atoms with Crippen molar-refractivity contribution >= 4 is 29.2 Å². The van der Waals surface area contributed by atoms with Gasteiger partial charge in [-0.1, -0.05) is 66.7 Å². The Morgan fingerprint density at radius 2 is 1.50 bits per heavy atom. The first-order valence-corrected chi connectivity index (χ1v) is 11.7. The third-order valence-corrected chi connectivity index (χ3v) is 6.08. The monoisotopic (exact) mass is 475 g/mol. The highest BCUT2D eigenvalue weighted by Gasteiger charge is 2.35. The fourth-order valence-corrected chi connectivity index (χ4v) is 4.29. The van der Waals surface area contributed by atoms with Crippen LogP contribution >= 0.6 is 0 Å². The highest BCUT2D eigenvalue weighted by molar-refractivity contribution is 6.43. The summed E-state index contributed by atoms with van der Waals surface area (Å²) in [6, 6.07) is 30.0. The van der Waals surface area contributed by atoms with Gasteiger partial charge in [0.1, 0.15) is 6.61 Å². The number of carbonyl (C=O) groups excluding carboxylic acids is 2. The molecule has 0 N–H and O–H groups in total. The SMILES string of the molecule is COc1ccc(C=C2C(=O)N(c3cccc(C)c3)C(=O)c3ccccc32)cc1OCc1ccccc1. The van der Waals surface area contributed by atoms with Crippen molar-refractivity contribution in [1.29, 1.82) is 0 Å². The van der Waals surface area contributed by atoms with Gasteiger partial charge in [0.25, 0.3) is 11.8 Å². The zero-order valence-corrected chi connectivity index (χ0v) is 20.1. The number of rotatable bonds is 6. The number of ether oxygens (including phenoxy) is 2. The minimum Gasteiger partial charge on any atom is -0.493 e. The molecule has 36 heavy (non-hydrogen) atoms. The van der Waals surface area contributed by atoms with Gasteiger partial charge in [-0.25, -0.2) is 4.90 Å². The van der Waals surface area contributed by atoms with Gasteiger partial charge in [0.15, 0.2) is 11.5 Å². The molecule has 1 aliphatic heterocycles. The maximum atomic E-state index is 13.7. The van der Waals surface area contributed by atoms with Crippen molar-refractivity contribution in [3.05, 3.63) is 125 Å². The molecule has 4 aromatic carbocycles. The van der Waals surface area contributed by atoms with E-state index in [4.69, 9.17) is 9.47 Å². The molecule has 0 fully saturated rings. The minimum atomic E-state index is -0.369. The highest BCUT2D eigenvalue weighted by Crippen LogP contribution is 2.35. The van der Waals surface area contributed by atoms with E-state index < -0.39 is 0 Å². The fourth-order valence-electron chi connectivity index (χ4n) is 4.29. The van der Waals surface area contributed by atoms with Crippen LogP contribution in [0.4, 0.5) is 5.69 Å². The third kappa shape index (κ3) is 4.51. The number of imide groups is 1. The van der Waals surface area contributed by atoms with Crippen molar-refractivity contribution in [3.63, 3.8) is 0 Å². The van der Waals surface area contributed by atoms with Crippen molar-refractivity contribution < 1.29 is 19.1 Å². The minimum absolute atomic E-state index is 0.333. The molecular formula is C31H25NO4. The summed E-state index contributed by atoms with van der Waals surface area (Å²) in [6.07, 6.45) is 1.80. The summed E-state index contributed by atoms with van der Waals surface area (Å²) in [4.78, 5) is 28.3. The molecule has 0 saturated carbocycles. The molecule has 0 unspecified atom stereocenters. The van der Waals surface area contributed by atoms with Crippen molar-refractivity contribution in [3.8, 4) is 11.5 Å². The molecule has 0 aromatic heterocycles. The molecule has 4 aromatic rings. The summed E-state index contributed by atoms with van der Waals surface area (Å²) in [6.45, 7) is 2.32.